The van der Waals surface area contributed by atoms with E-state index in [2.05, 4.69) is 15.5 Å². The minimum absolute atomic E-state index is 0.320. The number of hydrogen-bond donors (Lipinski definition) is 2. The highest BCUT2D eigenvalue weighted by Gasteiger charge is 2.20. The van der Waals surface area contributed by atoms with Crippen molar-refractivity contribution in [1.29, 1.82) is 5.41 Å². The van der Waals surface area contributed by atoms with Crippen LogP contribution < -0.4 is 5.32 Å². The van der Waals surface area contributed by atoms with E-state index in [1.807, 2.05) is 75.4 Å². The smallest absolute Gasteiger partial charge is 0.159 e. The van der Waals surface area contributed by atoms with E-state index in [0.29, 0.717) is 27.8 Å². The predicted octanol–water partition coefficient (Wildman–Crippen LogP) is 5.59. The van der Waals surface area contributed by atoms with Gasteiger partial charge in [-0.05, 0) is 13.0 Å². The molecule has 26 heavy (non-hydrogen) atoms. The molecule has 0 radical (unpaired) electrons. The van der Waals surface area contributed by atoms with Gasteiger partial charge in [-0.2, -0.15) is 0 Å². The Labute approximate surface area is 159 Å². The van der Waals surface area contributed by atoms with Gasteiger partial charge in [0.2, 0.25) is 0 Å². The second kappa shape index (κ2) is 9.11. The summed E-state index contributed by atoms with van der Waals surface area (Å²) in [5.41, 5.74) is 4.20. The number of halogens is 1. The Hall–Kier alpha value is -2.72. The third-order valence-corrected chi connectivity index (χ3v) is 4.12. The van der Waals surface area contributed by atoms with E-state index in [9.17, 15) is 0 Å². The van der Waals surface area contributed by atoms with Crippen LogP contribution in [0.25, 0.3) is 11.3 Å². The third-order valence-electron chi connectivity index (χ3n) is 3.75. The lowest BCUT2D eigenvalue weighted by Gasteiger charge is -2.14. The van der Waals surface area contributed by atoms with Crippen LogP contribution in [0.2, 0.25) is 5.02 Å². The number of rotatable bonds is 4. The normalized spacial score (nSPS) is 9.88. The quantitative estimate of drug-likeness (QED) is 0.591. The monoisotopic (exact) mass is 366 g/mol. The van der Waals surface area contributed by atoms with Crippen molar-refractivity contribution in [3.8, 4) is 11.3 Å². The van der Waals surface area contributed by atoms with E-state index in [4.69, 9.17) is 17.0 Å². The molecule has 3 rings (SSSR count). The van der Waals surface area contributed by atoms with Crippen molar-refractivity contribution in [3.05, 3.63) is 76.3 Å². The molecule has 1 aromatic heterocycles. The number of anilines is 1. The van der Waals surface area contributed by atoms with Gasteiger partial charge < -0.3 is 5.32 Å². The standard InChI is InChI=1S/C19H17ClN4.C2H6/c1-12-7-6-10-14(11-12)17(21)15-16(20)18(23-24-19(15)22-2)13-8-4-3-5-9-13;1-2/h3-11,21H,1-2H3,(H,22,24);1-2H3. The van der Waals surface area contributed by atoms with Crippen molar-refractivity contribution in [3.63, 3.8) is 0 Å². The van der Waals surface area contributed by atoms with Crippen molar-refractivity contribution in [2.75, 3.05) is 12.4 Å². The zero-order chi connectivity index (χ0) is 19.1. The summed E-state index contributed by atoms with van der Waals surface area (Å²) < 4.78 is 0. The minimum Gasteiger partial charge on any atom is -0.371 e. The first kappa shape index (κ1) is 19.6. The third kappa shape index (κ3) is 4.09. The van der Waals surface area contributed by atoms with Gasteiger partial charge in [0.05, 0.1) is 16.3 Å². The van der Waals surface area contributed by atoms with E-state index < -0.39 is 0 Å². The Morgan fingerprint density at radius 3 is 2.31 bits per heavy atom. The molecule has 3 aromatic rings. The second-order valence-electron chi connectivity index (χ2n) is 5.45. The zero-order valence-corrected chi connectivity index (χ0v) is 16.2. The highest BCUT2D eigenvalue weighted by atomic mass is 35.5. The summed E-state index contributed by atoms with van der Waals surface area (Å²) in [5.74, 6) is 0.492. The average molecular weight is 367 g/mol. The van der Waals surface area contributed by atoms with Gasteiger partial charge in [0.15, 0.2) is 5.82 Å². The van der Waals surface area contributed by atoms with E-state index in [0.717, 1.165) is 16.7 Å². The molecule has 1 heterocycles. The van der Waals surface area contributed by atoms with Crippen LogP contribution in [-0.2, 0) is 0 Å². The number of benzene rings is 2. The van der Waals surface area contributed by atoms with Gasteiger partial charge in [-0.25, -0.2) is 0 Å². The molecule has 0 aliphatic heterocycles. The van der Waals surface area contributed by atoms with Gasteiger partial charge in [0.25, 0.3) is 0 Å². The van der Waals surface area contributed by atoms with Gasteiger partial charge in [0, 0.05) is 18.2 Å². The molecule has 0 aliphatic rings. The lowest BCUT2D eigenvalue weighted by atomic mass is 9.99. The van der Waals surface area contributed by atoms with Crippen molar-refractivity contribution in [2.45, 2.75) is 20.8 Å². The lowest BCUT2D eigenvalue weighted by molar-refractivity contribution is 1.03. The molecule has 0 saturated carbocycles. The first-order chi connectivity index (χ1) is 12.6. The molecule has 0 bridgehead atoms. The molecule has 134 valence electrons. The highest BCUT2D eigenvalue weighted by Crippen LogP contribution is 2.33. The molecule has 0 atom stereocenters. The Balaban J connectivity index is 0.00000117. The van der Waals surface area contributed by atoms with E-state index in [-0.39, 0.29) is 0 Å². The summed E-state index contributed by atoms with van der Waals surface area (Å²) in [7, 11) is 1.75. The molecule has 0 saturated heterocycles. The Morgan fingerprint density at radius 1 is 1.00 bits per heavy atom. The van der Waals surface area contributed by atoms with E-state index in [1.54, 1.807) is 7.05 Å². The van der Waals surface area contributed by atoms with Crippen LogP contribution in [0.5, 0.6) is 0 Å². The molecule has 2 N–H and O–H groups in total. The van der Waals surface area contributed by atoms with Crippen LogP contribution in [0.1, 0.15) is 30.5 Å². The Bertz CT molecular complexity index is 892. The number of hydrogen-bond acceptors (Lipinski definition) is 4. The first-order valence-corrected chi connectivity index (χ1v) is 8.95. The number of aryl methyl sites for hydroxylation is 1. The maximum Gasteiger partial charge on any atom is 0.159 e. The van der Waals surface area contributed by atoms with Gasteiger partial charge in [-0.15, -0.1) is 10.2 Å². The Morgan fingerprint density at radius 2 is 1.69 bits per heavy atom. The van der Waals surface area contributed by atoms with Crippen molar-refractivity contribution < 1.29 is 0 Å². The van der Waals surface area contributed by atoms with E-state index >= 15 is 0 Å². The summed E-state index contributed by atoms with van der Waals surface area (Å²) in [4.78, 5) is 0. The SMILES string of the molecule is CC.CNc1nnc(-c2ccccc2)c(Cl)c1C(=N)c1cccc(C)c1. The molecule has 0 spiro atoms. The van der Waals surface area contributed by atoms with Crippen molar-refractivity contribution in [2.24, 2.45) is 0 Å². The molecule has 5 heteroatoms. The minimum atomic E-state index is 0.320. The highest BCUT2D eigenvalue weighted by molar-refractivity contribution is 6.38. The average Bonchev–Trinajstić information content (AvgIpc) is 2.69. The summed E-state index contributed by atoms with van der Waals surface area (Å²) >= 11 is 6.63. The molecular weight excluding hydrogens is 344 g/mol. The number of aromatic nitrogens is 2. The molecule has 0 aliphatic carbocycles. The van der Waals surface area contributed by atoms with Gasteiger partial charge in [0.1, 0.15) is 5.69 Å². The molecule has 0 fully saturated rings. The molecule has 0 amide bonds. The summed E-state index contributed by atoms with van der Waals surface area (Å²) in [6, 6.07) is 17.4. The zero-order valence-electron chi connectivity index (χ0n) is 15.5. The fourth-order valence-electron chi connectivity index (χ4n) is 2.54. The fourth-order valence-corrected chi connectivity index (χ4v) is 2.88. The topological polar surface area (TPSA) is 61.7 Å². The number of nitrogens with one attached hydrogen (secondary N) is 2. The molecule has 2 aromatic carbocycles. The largest absolute Gasteiger partial charge is 0.371 e. The Kier molecular flexibility index (Phi) is 6.87. The van der Waals surface area contributed by atoms with Gasteiger partial charge >= 0.3 is 0 Å². The maximum absolute atomic E-state index is 8.62. The lowest BCUT2D eigenvalue weighted by Crippen LogP contribution is -2.10. The molecule has 4 nitrogen and oxygen atoms in total. The molecular formula is C21H23ClN4. The van der Waals surface area contributed by atoms with Crippen molar-refractivity contribution in [1.82, 2.24) is 10.2 Å². The van der Waals surface area contributed by atoms with Gasteiger partial charge in [-0.1, -0.05) is 79.5 Å². The van der Waals surface area contributed by atoms with Crippen LogP contribution >= 0.6 is 11.6 Å². The van der Waals surface area contributed by atoms with Crippen LogP contribution in [-0.4, -0.2) is 23.0 Å². The summed E-state index contributed by atoms with van der Waals surface area (Å²) in [6.45, 7) is 6.00. The number of nitrogens with zero attached hydrogens (tertiary/aromatic N) is 2. The van der Waals surface area contributed by atoms with Crippen LogP contribution in [0.15, 0.2) is 54.6 Å². The maximum atomic E-state index is 8.62. The molecule has 0 unspecified atom stereocenters. The predicted molar refractivity (Wildman–Crippen MR) is 110 cm³/mol. The van der Waals surface area contributed by atoms with Gasteiger partial charge in [-0.3, -0.25) is 5.41 Å². The fraction of sp³-hybridized carbons (Fsp3) is 0.190. The van der Waals surface area contributed by atoms with Crippen LogP contribution in [0, 0.1) is 12.3 Å². The summed E-state index contributed by atoms with van der Waals surface area (Å²) in [6.07, 6.45) is 0. The summed E-state index contributed by atoms with van der Waals surface area (Å²) in [5, 5.41) is 20.5. The van der Waals surface area contributed by atoms with Crippen molar-refractivity contribution >= 4 is 23.1 Å². The first-order valence-electron chi connectivity index (χ1n) is 8.57. The second-order valence-corrected chi connectivity index (χ2v) is 5.82. The van der Waals surface area contributed by atoms with E-state index in [1.165, 1.54) is 0 Å². The van der Waals surface area contributed by atoms with Crippen LogP contribution in [0.3, 0.4) is 0 Å². The van der Waals surface area contributed by atoms with Crippen LogP contribution in [0.4, 0.5) is 5.82 Å².